The fourth-order valence-electron chi connectivity index (χ4n) is 2.99. The van der Waals surface area contributed by atoms with E-state index >= 15 is 0 Å². The second kappa shape index (κ2) is 7.00. The number of anilines is 1. The van der Waals surface area contributed by atoms with Gasteiger partial charge in [-0.1, -0.05) is 0 Å². The van der Waals surface area contributed by atoms with Crippen molar-refractivity contribution in [2.24, 2.45) is 0 Å². The van der Waals surface area contributed by atoms with Gasteiger partial charge in [0.2, 0.25) is 5.91 Å². The Labute approximate surface area is 152 Å². The molecule has 1 unspecified atom stereocenters. The number of amides is 2. The van der Waals surface area contributed by atoms with Crippen molar-refractivity contribution in [2.75, 3.05) is 18.0 Å². The van der Waals surface area contributed by atoms with Gasteiger partial charge in [0.25, 0.3) is 5.91 Å². The summed E-state index contributed by atoms with van der Waals surface area (Å²) in [4.78, 5) is 28.6. The van der Waals surface area contributed by atoms with E-state index in [1.807, 2.05) is 20.8 Å². The van der Waals surface area contributed by atoms with Gasteiger partial charge in [-0.05, 0) is 45.0 Å². The Hall–Kier alpha value is -3.14. The summed E-state index contributed by atoms with van der Waals surface area (Å²) in [7, 11) is 0. The first-order chi connectivity index (χ1) is 12.4. The summed E-state index contributed by atoms with van der Waals surface area (Å²) in [6.45, 7) is 6.34. The number of piperazine rings is 1. The number of nitrogens with zero attached hydrogens (tertiary/aromatic N) is 5. The van der Waals surface area contributed by atoms with Crippen molar-refractivity contribution in [1.29, 1.82) is 5.26 Å². The summed E-state index contributed by atoms with van der Waals surface area (Å²) < 4.78 is 1.73. The van der Waals surface area contributed by atoms with Gasteiger partial charge < -0.3 is 9.80 Å². The van der Waals surface area contributed by atoms with Crippen LogP contribution in [-0.2, 0) is 4.79 Å². The van der Waals surface area contributed by atoms with Crippen molar-refractivity contribution in [3.8, 4) is 6.07 Å². The molecule has 1 aliphatic heterocycles. The summed E-state index contributed by atoms with van der Waals surface area (Å²) >= 11 is 0. The zero-order chi connectivity index (χ0) is 18.8. The molecule has 1 fully saturated rings. The maximum Gasteiger partial charge on any atom is 0.257 e. The van der Waals surface area contributed by atoms with Gasteiger partial charge in [-0.2, -0.15) is 10.4 Å². The van der Waals surface area contributed by atoms with Gasteiger partial charge >= 0.3 is 0 Å². The molecule has 1 aromatic heterocycles. The van der Waals surface area contributed by atoms with Crippen LogP contribution in [0.25, 0.3) is 0 Å². The zero-order valence-electron chi connectivity index (χ0n) is 15.1. The third-order valence-corrected chi connectivity index (χ3v) is 4.53. The highest BCUT2D eigenvalue weighted by Crippen LogP contribution is 2.22. The lowest BCUT2D eigenvalue weighted by Crippen LogP contribution is -2.57. The molecule has 2 aromatic rings. The Balaban J connectivity index is 1.76. The zero-order valence-corrected chi connectivity index (χ0v) is 15.1. The van der Waals surface area contributed by atoms with Gasteiger partial charge in [-0.15, -0.1) is 0 Å². The number of nitriles is 1. The van der Waals surface area contributed by atoms with Gasteiger partial charge in [0.05, 0.1) is 23.4 Å². The molecule has 0 radical (unpaired) electrons. The van der Waals surface area contributed by atoms with E-state index in [1.165, 1.54) is 0 Å². The van der Waals surface area contributed by atoms with E-state index in [9.17, 15) is 9.59 Å². The number of carbonyl (C=O) groups excluding carboxylic acids is 2. The van der Waals surface area contributed by atoms with E-state index in [0.717, 1.165) is 5.69 Å². The molecule has 134 valence electrons. The Morgan fingerprint density at radius 3 is 2.58 bits per heavy atom. The first-order valence-electron chi connectivity index (χ1n) is 8.56. The lowest BCUT2D eigenvalue weighted by atomic mass is 10.1. The largest absolute Gasteiger partial charge is 0.325 e. The summed E-state index contributed by atoms with van der Waals surface area (Å²) in [5, 5.41) is 13.1. The minimum Gasteiger partial charge on any atom is -0.325 e. The predicted molar refractivity (Wildman–Crippen MR) is 96.6 cm³/mol. The minimum atomic E-state index is -0.183. The number of benzene rings is 1. The maximum atomic E-state index is 12.8. The molecule has 0 aliphatic carbocycles. The molecule has 26 heavy (non-hydrogen) atoms. The van der Waals surface area contributed by atoms with E-state index < -0.39 is 0 Å². The average Bonchev–Trinajstić information content (AvgIpc) is 3.13. The first-order valence-corrected chi connectivity index (χ1v) is 8.56. The van der Waals surface area contributed by atoms with Crippen molar-refractivity contribution in [1.82, 2.24) is 14.7 Å². The highest BCUT2D eigenvalue weighted by molar-refractivity contribution is 6.01. The Kier molecular flexibility index (Phi) is 4.76. The van der Waals surface area contributed by atoms with Crippen LogP contribution >= 0.6 is 0 Å². The van der Waals surface area contributed by atoms with Crippen LogP contribution in [0, 0.1) is 11.3 Å². The van der Waals surface area contributed by atoms with Gasteiger partial charge in [0.1, 0.15) is 6.54 Å². The van der Waals surface area contributed by atoms with E-state index in [0.29, 0.717) is 17.7 Å². The van der Waals surface area contributed by atoms with Crippen molar-refractivity contribution < 1.29 is 9.59 Å². The molecule has 0 N–H and O–H groups in total. The van der Waals surface area contributed by atoms with Crippen molar-refractivity contribution in [3.05, 3.63) is 47.8 Å². The number of aromatic nitrogens is 2. The molecular formula is C19H21N5O2. The molecule has 3 rings (SSSR count). The second-order valence-electron chi connectivity index (χ2n) is 6.75. The molecule has 2 heterocycles. The fourth-order valence-corrected chi connectivity index (χ4v) is 2.99. The monoisotopic (exact) mass is 351 g/mol. The SMILES string of the molecule is CC1CN(c2ccc(C#N)cc2)C(=O)CN1C(=O)c1cnn(C(C)C)c1. The second-order valence-corrected chi connectivity index (χ2v) is 6.75. The summed E-state index contributed by atoms with van der Waals surface area (Å²) in [6.07, 6.45) is 3.27. The normalized spacial score (nSPS) is 17.5. The number of rotatable bonds is 3. The van der Waals surface area contributed by atoms with Gasteiger partial charge in [-0.3, -0.25) is 14.3 Å². The molecule has 1 aliphatic rings. The van der Waals surface area contributed by atoms with Crippen LogP contribution in [0.1, 0.15) is 42.7 Å². The highest BCUT2D eigenvalue weighted by Gasteiger charge is 2.34. The minimum absolute atomic E-state index is 0.0207. The Morgan fingerprint density at radius 2 is 2.00 bits per heavy atom. The van der Waals surface area contributed by atoms with Crippen LogP contribution < -0.4 is 4.90 Å². The smallest absolute Gasteiger partial charge is 0.257 e. The maximum absolute atomic E-state index is 12.8. The van der Waals surface area contributed by atoms with Crippen LogP contribution in [-0.4, -0.2) is 45.6 Å². The fraction of sp³-hybridized carbons (Fsp3) is 0.368. The summed E-state index contributed by atoms with van der Waals surface area (Å²) in [5.74, 6) is -0.324. The van der Waals surface area contributed by atoms with Crippen LogP contribution in [0.3, 0.4) is 0 Å². The highest BCUT2D eigenvalue weighted by atomic mass is 16.2. The lowest BCUT2D eigenvalue weighted by molar-refractivity contribution is -0.121. The quantitative estimate of drug-likeness (QED) is 0.849. The van der Waals surface area contributed by atoms with Crippen LogP contribution in [0.2, 0.25) is 0 Å². The molecule has 2 amide bonds. The third kappa shape index (κ3) is 3.31. The number of hydrogen-bond donors (Lipinski definition) is 0. The Morgan fingerprint density at radius 1 is 1.31 bits per heavy atom. The first kappa shape index (κ1) is 17.7. The Bertz CT molecular complexity index is 863. The lowest BCUT2D eigenvalue weighted by Gasteiger charge is -2.39. The van der Waals surface area contributed by atoms with E-state index in [1.54, 1.807) is 51.1 Å². The summed E-state index contributed by atoms with van der Waals surface area (Å²) in [5.41, 5.74) is 1.77. The van der Waals surface area contributed by atoms with Gasteiger partial charge in [-0.25, -0.2) is 0 Å². The predicted octanol–water partition coefficient (Wildman–Crippen LogP) is 2.21. The van der Waals surface area contributed by atoms with Crippen molar-refractivity contribution >= 4 is 17.5 Å². The summed E-state index contributed by atoms with van der Waals surface area (Å²) in [6, 6.07) is 8.99. The van der Waals surface area contributed by atoms with E-state index in [-0.39, 0.29) is 30.4 Å². The van der Waals surface area contributed by atoms with E-state index in [2.05, 4.69) is 11.2 Å². The third-order valence-electron chi connectivity index (χ3n) is 4.53. The van der Waals surface area contributed by atoms with Crippen LogP contribution in [0.15, 0.2) is 36.7 Å². The molecule has 7 nitrogen and oxygen atoms in total. The van der Waals surface area contributed by atoms with Gasteiger partial charge in [0, 0.05) is 30.5 Å². The molecule has 1 aromatic carbocycles. The number of hydrogen-bond acceptors (Lipinski definition) is 4. The van der Waals surface area contributed by atoms with Gasteiger partial charge in [0.15, 0.2) is 0 Å². The van der Waals surface area contributed by atoms with E-state index in [4.69, 9.17) is 5.26 Å². The molecule has 1 atom stereocenters. The molecule has 0 bridgehead atoms. The van der Waals surface area contributed by atoms with Crippen molar-refractivity contribution in [2.45, 2.75) is 32.9 Å². The van der Waals surface area contributed by atoms with Crippen LogP contribution in [0.4, 0.5) is 5.69 Å². The number of carbonyl (C=O) groups is 2. The topological polar surface area (TPSA) is 82.2 Å². The molecule has 0 saturated carbocycles. The van der Waals surface area contributed by atoms with Crippen molar-refractivity contribution in [3.63, 3.8) is 0 Å². The molecular weight excluding hydrogens is 330 g/mol. The standard InChI is InChI=1S/C19H21N5O2/c1-13(2)24-11-16(9-21-24)19(26)22-12-18(25)23(10-14(22)3)17-6-4-15(8-20)5-7-17/h4-7,9,11,13-14H,10,12H2,1-3H3. The molecule has 7 heteroatoms. The molecule has 1 saturated heterocycles. The van der Waals surface area contributed by atoms with Crippen LogP contribution in [0.5, 0.6) is 0 Å². The molecule has 0 spiro atoms. The average molecular weight is 351 g/mol.